The fourth-order valence-corrected chi connectivity index (χ4v) is 8.04. The number of amides is 1. The van der Waals surface area contributed by atoms with Crippen LogP contribution in [0.15, 0.2) is 33.6 Å². The van der Waals surface area contributed by atoms with Crippen molar-refractivity contribution < 1.29 is 18.7 Å². The van der Waals surface area contributed by atoms with Gasteiger partial charge in [0, 0.05) is 49.9 Å². The maximum absolute atomic E-state index is 13.6. The minimum Gasteiger partial charge on any atom is -0.497 e. The van der Waals surface area contributed by atoms with Crippen LogP contribution in [0.4, 0.5) is 0 Å². The van der Waals surface area contributed by atoms with Gasteiger partial charge in [0.15, 0.2) is 0 Å². The number of thioether (sulfide) groups is 1. The van der Waals surface area contributed by atoms with E-state index in [0.29, 0.717) is 26.6 Å². The summed E-state index contributed by atoms with van der Waals surface area (Å²) in [5.74, 6) is 4.26. The number of nitrogens with zero attached hydrogens (tertiary/aromatic N) is 2. The smallest absolute Gasteiger partial charge is 0.266 e. The summed E-state index contributed by atoms with van der Waals surface area (Å²) in [6.07, 6.45) is 8.66. The topological polar surface area (TPSA) is 67.2 Å². The van der Waals surface area contributed by atoms with Gasteiger partial charge in [0.2, 0.25) is 0 Å². The summed E-state index contributed by atoms with van der Waals surface area (Å²) in [7, 11) is 3.29. The molecule has 1 amide bonds. The Morgan fingerprint density at radius 1 is 1.10 bits per heavy atom. The fourth-order valence-electron chi connectivity index (χ4n) is 6.69. The van der Waals surface area contributed by atoms with Crippen molar-refractivity contribution in [2.45, 2.75) is 44.6 Å². The summed E-state index contributed by atoms with van der Waals surface area (Å²) < 4.78 is 18.1. The zero-order valence-corrected chi connectivity index (χ0v) is 25.6. The molecular formula is C30H38ClN3O4S2. The van der Waals surface area contributed by atoms with Gasteiger partial charge in [0.25, 0.3) is 5.91 Å². The van der Waals surface area contributed by atoms with Crippen molar-refractivity contribution in [1.82, 2.24) is 15.1 Å². The van der Waals surface area contributed by atoms with Crippen LogP contribution < -0.4 is 14.8 Å². The zero-order chi connectivity index (χ0) is 26.9. The zero-order valence-electron chi connectivity index (χ0n) is 23.1. The summed E-state index contributed by atoms with van der Waals surface area (Å²) in [5, 5.41) is 3.42. The first kappa shape index (κ1) is 29.5. The maximum Gasteiger partial charge on any atom is 0.266 e. The third-order valence-electron chi connectivity index (χ3n) is 8.73. The van der Waals surface area contributed by atoms with E-state index < -0.39 is 0 Å². The maximum atomic E-state index is 13.6. The Labute approximate surface area is 252 Å². The summed E-state index contributed by atoms with van der Waals surface area (Å²) in [4.78, 5) is 18.7. The number of halogens is 1. The Bertz CT molecular complexity index is 1250. The molecule has 0 spiro atoms. The quantitative estimate of drug-likeness (QED) is 0.293. The predicted molar refractivity (Wildman–Crippen MR) is 166 cm³/mol. The van der Waals surface area contributed by atoms with Crippen LogP contribution in [0.5, 0.6) is 11.5 Å². The SMILES string of the molecule is COc1cc(OC)cc(-c2cc(CCCN3CCNCC3)c(/C=C3\SC(=S)N(C4CC5CCC4C5)C3=O)o2)c1.Cl. The number of thiocarbonyl (C=S) groups is 1. The normalized spacial score (nSPS) is 25.6. The van der Waals surface area contributed by atoms with Crippen molar-refractivity contribution in [2.24, 2.45) is 11.8 Å². The van der Waals surface area contributed by atoms with E-state index in [1.54, 1.807) is 14.2 Å². The largest absolute Gasteiger partial charge is 0.497 e. The van der Waals surface area contributed by atoms with Crippen molar-refractivity contribution in [3.05, 3.63) is 40.5 Å². The fraction of sp³-hybridized carbons (Fsp3) is 0.533. The molecule has 6 rings (SSSR count). The van der Waals surface area contributed by atoms with E-state index in [-0.39, 0.29) is 24.4 Å². The van der Waals surface area contributed by atoms with Crippen molar-refractivity contribution >= 4 is 52.7 Å². The molecule has 1 N–H and O–H groups in total. The molecule has 2 aromatic rings. The molecule has 4 fully saturated rings. The van der Waals surface area contributed by atoms with Gasteiger partial charge in [-0.05, 0) is 74.2 Å². The lowest BCUT2D eigenvalue weighted by atomic mass is 9.94. The van der Waals surface area contributed by atoms with Crippen molar-refractivity contribution in [2.75, 3.05) is 46.9 Å². The molecule has 3 unspecified atom stereocenters. The van der Waals surface area contributed by atoms with Crippen molar-refractivity contribution in [1.29, 1.82) is 0 Å². The van der Waals surface area contributed by atoms with Crippen LogP contribution in [0, 0.1) is 11.8 Å². The molecule has 216 valence electrons. The number of nitrogens with one attached hydrogen (secondary N) is 1. The molecule has 1 aromatic carbocycles. The molecule has 4 aliphatic rings. The van der Waals surface area contributed by atoms with Crippen LogP contribution in [0.2, 0.25) is 0 Å². The van der Waals surface area contributed by atoms with Crippen LogP contribution in [0.3, 0.4) is 0 Å². The highest BCUT2D eigenvalue weighted by Gasteiger charge is 2.48. The number of hydrogen-bond acceptors (Lipinski definition) is 8. The van der Waals surface area contributed by atoms with E-state index in [2.05, 4.69) is 16.3 Å². The highest BCUT2D eigenvalue weighted by Crippen LogP contribution is 2.49. The van der Waals surface area contributed by atoms with Crippen LogP contribution in [-0.4, -0.2) is 73.0 Å². The molecule has 3 heterocycles. The minimum absolute atomic E-state index is 0. The first-order chi connectivity index (χ1) is 19.0. The molecule has 1 aromatic heterocycles. The Morgan fingerprint density at radius 2 is 1.85 bits per heavy atom. The number of rotatable bonds is 9. The number of furan rings is 1. The number of piperazine rings is 1. The molecule has 40 heavy (non-hydrogen) atoms. The number of fused-ring (bicyclic) bond motifs is 2. The Morgan fingerprint density at radius 3 is 2.50 bits per heavy atom. The van der Waals surface area contributed by atoms with Crippen molar-refractivity contribution in [3.8, 4) is 22.8 Å². The van der Waals surface area contributed by atoms with E-state index in [9.17, 15) is 4.79 Å². The number of carbonyl (C=O) groups is 1. The van der Waals surface area contributed by atoms with Gasteiger partial charge in [-0.1, -0.05) is 30.4 Å². The van der Waals surface area contributed by atoms with Crippen LogP contribution >= 0.6 is 36.4 Å². The number of benzene rings is 1. The predicted octanol–water partition coefficient (Wildman–Crippen LogP) is 5.61. The first-order valence-corrected chi connectivity index (χ1v) is 15.3. The van der Waals surface area contributed by atoms with E-state index in [1.807, 2.05) is 29.2 Å². The molecule has 10 heteroatoms. The van der Waals surface area contributed by atoms with Gasteiger partial charge < -0.3 is 24.1 Å². The molecule has 2 saturated carbocycles. The lowest BCUT2D eigenvalue weighted by Crippen LogP contribution is -2.43. The summed E-state index contributed by atoms with van der Waals surface area (Å²) >= 11 is 7.15. The summed E-state index contributed by atoms with van der Waals surface area (Å²) in [5.41, 5.74) is 1.98. The molecule has 2 aliphatic heterocycles. The monoisotopic (exact) mass is 603 g/mol. The van der Waals surface area contributed by atoms with Gasteiger partial charge in [-0.15, -0.1) is 12.4 Å². The number of hydrogen-bond donors (Lipinski definition) is 1. The van der Waals surface area contributed by atoms with Gasteiger partial charge in [0.1, 0.15) is 27.3 Å². The average Bonchev–Trinajstić information content (AvgIpc) is 3.74. The Hall–Kier alpha value is -2.04. The van der Waals surface area contributed by atoms with Crippen molar-refractivity contribution in [3.63, 3.8) is 0 Å². The van der Waals surface area contributed by atoms with Crippen LogP contribution in [0.25, 0.3) is 17.4 Å². The van der Waals surface area contributed by atoms with Gasteiger partial charge in [0.05, 0.1) is 19.1 Å². The van der Waals surface area contributed by atoms with Gasteiger partial charge >= 0.3 is 0 Å². The summed E-state index contributed by atoms with van der Waals surface area (Å²) in [6.45, 7) is 5.30. The molecule has 2 aliphatic carbocycles. The van der Waals surface area contributed by atoms with Crippen LogP contribution in [-0.2, 0) is 11.2 Å². The number of ether oxygens (including phenoxy) is 2. The molecule has 2 bridgehead atoms. The number of aryl methyl sites for hydroxylation is 1. The second-order valence-electron chi connectivity index (χ2n) is 11.1. The third kappa shape index (κ3) is 6.09. The van der Waals surface area contributed by atoms with E-state index in [0.717, 1.165) is 80.6 Å². The standard InChI is InChI=1S/C30H37N3O4S2.ClH/c1-35-23-14-22(15-24(17-23)36-2)26-16-21(4-3-9-32-10-7-31-8-11-32)27(37-26)18-28-29(34)33(30(38)39-28)25-13-19-5-6-20(25)12-19;/h14-20,25,31H,3-13H2,1-2H3;1H/b28-18-;. The lowest BCUT2D eigenvalue weighted by molar-refractivity contribution is -0.124. The highest BCUT2D eigenvalue weighted by atomic mass is 35.5. The van der Waals surface area contributed by atoms with E-state index in [4.69, 9.17) is 26.1 Å². The molecule has 0 radical (unpaired) electrons. The van der Waals surface area contributed by atoms with E-state index in [1.165, 1.54) is 31.0 Å². The second kappa shape index (κ2) is 12.9. The van der Waals surface area contributed by atoms with Gasteiger partial charge in [-0.2, -0.15) is 0 Å². The van der Waals surface area contributed by atoms with Gasteiger partial charge in [-0.25, -0.2) is 0 Å². The Balaban J connectivity index is 0.00000323. The third-order valence-corrected chi connectivity index (χ3v) is 10.1. The molecule has 7 nitrogen and oxygen atoms in total. The second-order valence-corrected chi connectivity index (χ2v) is 12.8. The first-order valence-electron chi connectivity index (χ1n) is 14.1. The average molecular weight is 604 g/mol. The lowest BCUT2D eigenvalue weighted by Gasteiger charge is -2.30. The number of carbonyl (C=O) groups excluding carboxylic acids is 1. The summed E-state index contributed by atoms with van der Waals surface area (Å²) in [6, 6.07) is 8.11. The molecule has 3 atom stereocenters. The van der Waals surface area contributed by atoms with E-state index >= 15 is 0 Å². The molecule has 2 saturated heterocycles. The minimum atomic E-state index is 0. The molecular weight excluding hydrogens is 566 g/mol. The van der Waals surface area contributed by atoms with Gasteiger partial charge in [-0.3, -0.25) is 9.69 Å². The highest BCUT2D eigenvalue weighted by molar-refractivity contribution is 8.26. The van der Waals surface area contributed by atoms with Crippen LogP contribution in [0.1, 0.15) is 43.4 Å². The Kier molecular flexibility index (Phi) is 9.47. The number of methoxy groups -OCH3 is 2.